The van der Waals surface area contributed by atoms with Gasteiger partial charge in [-0.15, -0.1) is 0 Å². The molecule has 0 aliphatic carbocycles. The first-order valence-electron chi connectivity index (χ1n) is 9.08. The number of carbonyl (C=O) groups excluding carboxylic acids is 1. The van der Waals surface area contributed by atoms with Crippen molar-refractivity contribution in [3.8, 4) is 5.75 Å². The molecule has 0 saturated heterocycles. The lowest BCUT2D eigenvalue weighted by Gasteiger charge is -2.29. The SMILES string of the molecule is COc1ccc(N([C@@H](C)C(=O)N[C@@H](C)c2ccc(S(C)(=O)=O)cc2)S(C)(=O)=O)cc1. The van der Waals surface area contributed by atoms with Gasteiger partial charge in [0.15, 0.2) is 9.84 Å². The molecule has 0 bridgehead atoms. The van der Waals surface area contributed by atoms with Crippen molar-refractivity contribution < 1.29 is 26.4 Å². The third-order valence-corrected chi connectivity index (χ3v) is 6.95. The first-order valence-corrected chi connectivity index (χ1v) is 12.8. The van der Waals surface area contributed by atoms with Crippen molar-refractivity contribution in [3.05, 3.63) is 54.1 Å². The summed E-state index contributed by atoms with van der Waals surface area (Å²) in [6.45, 7) is 3.23. The Morgan fingerprint density at radius 3 is 1.90 bits per heavy atom. The second-order valence-electron chi connectivity index (χ2n) is 7.00. The van der Waals surface area contributed by atoms with Gasteiger partial charge in [-0.1, -0.05) is 12.1 Å². The van der Waals surface area contributed by atoms with Gasteiger partial charge < -0.3 is 10.1 Å². The smallest absolute Gasteiger partial charge is 0.244 e. The molecule has 2 aromatic rings. The molecule has 1 N–H and O–H groups in total. The molecule has 0 aliphatic rings. The summed E-state index contributed by atoms with van der Waals surface area (Å²) < 4.78 is 54.1. The minimum absolute atomic E-state index is 0.181. The number of hydrogen-bond acceptors (Lipinski definition) is 6. The minimum atomic E-state index is -3.74. The van der Waals surface area contributed by atoms with Crippen LogP contribution in [0.5, 0.6) is 5.75 Å². The first kappa shape index (κ1) is 23.7. The molecule has 10 heteroatoms. The summed E-state index contributed by atoms with van der Waals surface area (Å²) >= 11 is 0. The van der Waals surface area contributed by atoms with Gasteiger partial charge in [-0.2, -0.15) is 0 Å². The van der Waals surface area contributed by atoms with Crippen molar-refractivity contribution in [2.75, 3.05) is 23.9 Å². The second kappa shape index (κ2) is 9.05. The highest BCUT2D eigenvalue weighted by molar-refractivity contribution is 7.92. The van der Waals surface area contributed by atoms with Gasteiger partial charge in [0.25, 0.3) is 0 Å². The molecule has 0 spiro atoms. The topological polar surface area (TPSA) is 110 Å². The van der Waals surface area contributed by atoms with Crippen LogP contribution in [0.25, 0.3) is 0 Å². The standard InChI is InChI=1S/C20H26N2O6S2/c1-14(16-6-12-19(13-7-16)29(4,24)25)21-20(23)15(2)22(30(5,26)27)17-8-10-18(28-3)11-9-17/h6-15H,1-5H3,(H,21,23)/t14-,15-/m0/s1. The van der Waals surface area contributed by atoms with Gasteiger partial charge in [-0.05, 0) is 55.8 Å². The Kier molecular flexibility index (Phi) is 7.14. The Balaban J connectivity index is 2.22. The van der Waals surface area contributed by atoms with Crippen molar-refractivity contribution in [3.63, 3.8) is 0 Å². The number of anilines is 1. The van der Waals surface area contributed by atoms with E-state index in [1.165, 1.54) is 26.2 Å². The number of sulfone groups is 1. The molecule has 8 nitrogen and oxygen atoms in total. The van der Waals surface area contributed by atoms with E-state index >= 15 is 0 Å². The molecular formula is C20H26N2O6S2. The highest BCUT2D eigenvalue weighted by Gasteiger charge is 2.30. The van der Waals surface area contributed by atoms with Crippen LogP contribution in [-0.4, -0.2) is 48.4 Å². The average Bonchev–Trinajstić information content (AvgIpc) is 2.66. The van der Waals surface area contributed by atoms with E-state index in [1.807, 2.05) is 0 Å². The molecular weight excluding hydrogens is 428 g/mol. The quantitative estimate of drug-likeness (QED) is 0.654. The van der Waals surface area contributed by atoms with Crippen LogP contribution in [0.15, 0.2) is 53.4 Å². The van der Waals surface area contributed by atoms with Crippen molar-refractivity contribution in [1.29, 1.82) is 0 Å². The van der Waals surface area contributed by atoms with Gasteiger partial charge in [0.2, 0.25) is 15.9 Å². The molecule has 164 valence electrons. The molecule has 2 rings (SSSR count). The summed E-state index contributed by atoms with van der Waals surface area (Å²) in [5, 5.41) is 2.78. The average molecular weight is 455 g/mol. The molecule has 0 saturated carbocycles. The van der Waals surface area contributed by atoms with E-state index in [0.717, 1.165) is 16.8 Å². The fourth-order valence-electron chi connectivity index (χ4n) is 2.96. The molecule has 1 amide bonds. The number of ether oxygens (including phenoxy) is 1. The summed E-state index contributed by atoms with van der Waals surface area (Å²) in [6.07, 6.45) is 2.15. The molecule has 0 radical (unpaired) electrons. The minimum Gasteiger partial charge on any atom is -0.497 e. The lowest BCUT2D eigenvalue weighted by atomic mass is 10.1. The zero-order chi connectivity index (χ0) is 22.7. The lowest BCUT2D eigenvalue weighted by Crippen LogP contribution is -2.48. The van der Waals surface area contributed by atoms with Crippen molar-refractivity contribution in [2.45, 2.75) is 30.8 Å². The second-order valence-corrected chi connectivity index (χ2v) is 10.9. The molecule has 0 aromatic heterocycles. The third kappa shape index (κ3) is 5.73. The summed E-state index contributed by atoms with van der Waals surface area (Å²) in [4.78, 5) is 13.0. The monoisotopic (exact) mass is 454 g/mol. The number of hydrogen-bond donors (Lipinski definition) is 1. The predicted molar refractivity (Wildman–Crippen MR) is 116 cm³/mol. The number of rotatable bonds is 8. The summed E-state index contributed by atoms with van der Waals surface area (Å²) in [7, 11) is -5.55. The Morgan fingerprint density at radius 2 is 1.47 bits per heavy atom. The number of nitrogens with one attached hydrogen (secondary N) is 1. The fraction of sp³-hybridized carbons (Fsp3) is 0.350. The molecule has 30 heavy (non-hydrogen) atoms. The van der Waals surface area contributed by atoms with Gasteiger partial charge >= 0.3 is 0 Å². The maximum Gasteiger partial charge on any atom is 0.244 e. The van der Waals surface area contributed by atoms with Crippen LogP contribution in [-0.2, 0) is 24.7 Å². The number of carbonyl (C=O) groups is 1. The highest BCUT2D eigenvalue weighted by Crippen LogP contribution is 2.24. The zero-order valence-electron chi connectivity index (χ0n) is 17.5. The van der Waals surface area contributed by atoms with Gasteiger partial charge in [-0.3, -0.25) is 9.10 Å². The van der Waals surface area contributed by atoms with E-state index < -0.39 is 37.9 Å². The first-order chi connectivity index (χ1) is 13.8. The van der Waals surface area contributed by atoms with Crippen LogP contribution in [0.3, 0.4) is 0 Å². The van der Waals surface area contributed by atoms with Crippen molar-refractivity contribution in [1.82, 2.24) is 5.32 Å². The van der Waals surface area contributed by atoms with Gasteiger partial charge in [0.05, 0.1) is 30.0 Å². The largest absolute Gasteiger partial charge is 0.497 e. The van der Waals surface area contributed by atoms with Crippen LogP contribution in [0.4, 0.5) is 5.69 Å². The van der Waals surface area contributed by atoms with E-state index in [0.29, 0.717) is 17.0 Å². The van der Waals surface area contributed by atoms with Crippen LogP contribution in [0.1, 0.15) is 25.5 Å². The normalized spacial score (nSPS) is 13.9. The van der Waals surface area contributed by atoms with Crippen molar-refractivity contribution in [2.24, 2.45) is 0 Å². The maximum absolute atomic E-state index is 12.8. The number of sulfonamides is 1. The van der Waals surface area contributed by atoms with E-state index in [9.17, 15) is 21.6 Å². The maximum atomic E-state index is 12.8. The van der Waals surface area contributed by atoms with E-state index in [-0.39, 0.29) is 4.90 Å². The zero-order valence-corrected chi connectivity index (χ0v) is 19.1. The number of benzene rings is 2. The Bertz CT molecular complexity index is 1090. The molecule has 0 aliphatic heterocycles. The Labute approximate surface area is 177 Å². The summed E-state index contributed by atoms with van der Waals surface area (Å²) in [6, 6.07) is 11.1. The van der Waals surface area contributed by atoms with Crippen LogP contribution >= 0.6 is 0 Å². The summed E-state index contributed by atoms with van der Waals surface area (Å²) in [5.74, 6) is 0.0754. The van der Waals surface area contributed by atoms with Crippen molar-refractivity contribution >= 4 is 31.5 Å². The predicted octanol–water partition coefficient (Wildman–Crippen LogP) is 2.13. The number of nitrogens with zero attached hydrogens (tertiary/aromatic N) is 1. The summed E-state index contributed by atoms with van der Waals surface area (Å²) in [5.41, 5.74) is 1.03. The van der Waals surface area contributed by atoms with Crippen LogP contribution < -0.4 is 14.4 Å². The molecule has 0 fully saturated rings. The van der Waals surface area contributed by atoms with Crippen LogP contribution in [0.2, 0.25) is 0 Å². The number of amides is 1. The van der Waals surface area contributed by atoms with E-state index in [4.69, 9.17) is 4.74 Å². The Morgan fingerprint density at radius 1 is 0.933 bits per heavy atom. The molecule has 0 heterocycles. The van der Waals surface area contributed by atoms with Gasteiger partial charge in [-0.25, -0.2) is 16.8 Å². The lowest BCUT2D eigenvalue weighted by molar-refractivity contribution is -0.122. The highest BCUT2D eigenvalue weighted by atomic mass is 32.2. The molecule has 2 atom stereocenters. The Hall–Kier alpha value is -2.59. The van der Waals surface area contributed by atoms with Gasteiger partial charge in [0, 0.05) is 6.26 Å². The number of methoxy groups -OCH3 is 1. The van der Waals surface area contributed by atoms with E-state index in [1.54, 1.807) is 43.3 Å². The van der Waals surface area contributed by atoms with Gasteiger partial charge in [0.1, 0.15) is 11.8 Å². The van der Waals surface area contributed by atoms with E-state index in [2.05, 4.69) is 5.32 Å². The fourth-order valence-corrected chi connectivity index (χ4v) is 4.76. The third-order valence-electron chi connectivity index (χ3n) is 4.58. The molecule has 0 unspecified atom stereocenters. The molecule has 2 aromatic carbocycles. The van der Waals surface area contributed by atoms with Crippen LogP contribution in [0, 0.1) is 0 Å².